The standard InChI is InChI=1S/C18H19N3O2/c22-17(19-15-6-2-1-3-7-15)14-8-10-16(11-9-14)20-18(23)21-12-4-5-13-21/h1-3,6-11H,4-5,12-13H2,(H,19,22)(H,20,23). The monoisotopic (exact) mass is 309 g/mol. The Morgan fingerprint density at radius 2 is 1.39 bits per heavy atom. The molecule has 1 saturated heterocycles. The number of rotatable bonds is 3. The van der Waals surface area contributed by atoms with Crippen LogP contribution >= 0.6 is 0 Å². The molecule has 5 nitrogen and oxygen atoms in total. The molecule has 1 heterocycles. The molecule has 2 aromatic carbocycles. The normalized spacial score (nSPS) is 13.7. The highest BCUT2D eigenvalue weighted by atomic mass is 16.2. The van der Waals surface area contributed by atoms with Gasteiger partial charge in [0.1, 0.15) is 0 Å². The lowest BCUT2D eigenvalue weighted by molar-refractivity contribution is 0.102. The summed E-state index contributed by atoms with van der Waals surface area (Å²) in [5.41, 5.74) is 2.00. The van der Waals surface area contributed by atoms with Gasteiger partial charge in [-0.1, -0.05) is 18.2 Å². The summed E-state index contributed by atoms with van der Waals surface area (Å²) in [7, 11) is 0. The second-order valence-electron chi connectivity index (χ2n) is 5.52. The van der Waals surface area contributed by atoms with Crippen LogP contribution in [0.1, 0.15) is 23.2 Å². The molecule has 1 fully saturated rings. The molecular formula is C18H19N3O2. The number of anilines is 2. The second kappa shape index (κ2) is 6.96. The quantitative estimate of drug-likeness (QED) is 0.910. The molecule has 23 heavy (non-hydrogen) atoms. The van der Waals surface area contributed by atoms with Crippen molar-refractivity contribution in [2.24, 2.45) is 0 Å². The molecule has 1 aliphatic heterocycles. The Kier molecular flexibility index (Phi) is 4.57. The van der Waals surface area contributed by atoms with Crippen molar-refractivity contribution in [3.63, 3.8) is 0 Å². The van der Waals surface area contributed by atoms with E-state index < -0.39 is 0 Å². The van der Waals surface area contributed by atoms with Crippen LogP contribution in [0.25, 0.3) is 0 Å². The topological polar surface area (TPSA) is 61.4 Å². The van der Waals surface area contributed by atoms with E-state index in [-0.39, 0.29) is 11.9 Å². The molecule has 118 valence electrons. The van der Waals surface area contributed by atoms with E-state index in [9.17, 15) is 9.59 Å². The maximum atomic E-state index is 12.2. The van der Waals surface area contributed by atoms with E-state index in [2.05, 4.69) is 10.6 Å². The van der Waals surface area contributed by atoms with Crippen LogP contribution < -0.4 is 10.6 Å². The summed E-state index contributed by atoms with van der Waals surface area (Å²) in [5, 5.41) is 5.68. The molecule has 1 aliphatic rings. The smallest absolute Gasteiger partial charge is 0.321 e. The van der Waals surface area contributed by atoms with Crippen LogP contribution in [-0.2, 0) is 0 Å². The number of nitrogens with zero attached hydrogens (tertiary/aromatic N) is 1. The number of para-hydroxylation sites is 1. The summed E-state index contributed by atoms with van der Waals surface area (Å²) >= 11 is 0. The zero-order valence-electron chi connectivity index (χ0n) is 12.8. The van der Waals surface area contributed by atoms with Gasteiger partial charge in [-0.2, -0.15) is 0 Å². The summed E-state index contributed by atoms with van der Waals surface area (Å²) in [5.74, 6) is -0.173. The molecule has 0 radical (unpaired) electrons. The fraction of sp³-hybridized carbons (Fsp3) is 0.222. The third-order valence-corrected chi connectivity index (χ3v) is 3.82. The number of hydrogen-bond donors (Lipinski definition) is 2. The Balaban J connectivity index is 1.60. The van der Waals surface area contributed by atoms with Crippen molar-refractivity contribution < 1.29 is 9.59 Å². The van der Waals surface area contributed by atoms with Gasteiger partial charge in [-0.05, 0) is 49.2 Å². The van der Waals surface area contributed by atoms with E-state index in [1.807, 2.05) is 30.3 Å². The number of nitrogens with one attached hydrogen (secondary N) is 2. The first-order chi connectivity index (χ1) is 11.2. The maximum absolute atomic E-state index is 12.2. The van der Waals surface area contributed by atoms with Gasteiger partial charge in [0.15, 0.2) is 0 Å². The average molecular weight is 309 g/mol. The lowest BCUT2D eigenvalue weighted by Gasteiger charge is -2.16. The van der Waals surface area contributed by atoms with Crippen LogP contribution in [0.3, 0.4) is 0 Å². The first kappa shape index (κ1) is 15.1. The van der Waals surface area contributed by atoms with Gasteiger partial charge in [0.2, 0.25) is 0 Å². The number of hydrogen-bond acceptors (Lipinski definition) is 2. The highest BCUT2D eigenvalue weighted by Crippen LogP contribution is 2.14. The third-order valence-electron chi connectivity index (χ3n) is 3.82. The highest BCUT2D eigenvalue weighted by Gasteiger charge is 2.17. The zero-order valence-corrected chi connectivity index (χ0v) is 12.8. The Bertz CT molecular complexity index is 677. The molecule has 2 N–H and O–H groups in total. The molecule has 0 atom stereocenters. The summed E-state index contributed by atoms with van der Waals surface area (Å²) in [6.45, 7) is 1.62. The van der Waals surface area contributed by atoms with Crippen LogP contribution in [-0.4, -0.2) is 29.9 Å². The lowest BCUT2D eigenvalue weighted by Crippen LogP contribution is -2.32. The molecule has 0 unspecified atom stereocenters. The van der Waals surface area contributed by atoms with E-state index in [1.165, 1.54) is 0 Å². The Labute approximate surface area is 135 Å². The Morgan fingerprint density at radius 3 is 2.04 bits per heavy atom. The van der Waals surface area contributed by atoms with Crippen LogP contribution in [0.2, 0.25) is 0 Å². The lowest BCUT2D eigenvalue weighted by atomic mass is 10.2. The van der Waals surface area contributed by atoms with E-state index in [0.717, 1.165) is 31.6 Å². The Morgan fingerprint density at radius 1 is 0.783 bits per heavy atom. The van der Waals surface area contributed by atoms with Gasteiger partial charge in [-0.25, -0.2) is 4.79 Å². The van der Waals surface area contributed by atoms with E-state index in [1.54, 1.807) is 29.2 Å². The van der Waals surface area contributed by atoms with Gasteiger partial charge in [0.05, 0.1) is 0 Å². The van der Waals surface area contributed by atoms with E-state index in [0.29, 0.717) is 11.3 Å². The first-order valence-electron chi connectivity index (χ1n) is 7.75. The second-order valence-corrected chi connectivity index (χ2v) is 5.52. The number of amides is 3. The number of carbonyl (C=O) groups excluding carboxylic acids is 2. The number of carbonyl (C=O) groups is 2. The number of benzene rings is 2. The van der Waals surface area contributed by atoms with Crippen LogP contribution in [0.5, 0.6) is 0 Å². The van der Waals surface area contributed by atoms with E-state index >= 15 is 0 Å². The van der Waals surface area contributed by atoms with Crippen molar-refractivity contribution in [1.82, 2.24) is 4.90 Å². The minimum Gasteiger partial charge on any atom is -0.325 e. The molecule has 0 bridgehead atoms. The molecule has 0 spiro atoms. The van der Waals surface area contributed by atoms with Gasteiger partial charge in [-0.3, -0.25) is 4.79 Å². The molecule has 3 amide bonds. The van der Waals surface area contributed by atoms with Crippen molar-refractivity contribution in [3.05, 3.63) is 60.2 Å². The average Bonchev–Trinajstić information content (AvgIpc) is 3.11. The van der Waals surface area contributed by atoms with Crippen molar-refractivity contribution in [1.29, 1.82) is 0 Å². The summed E-state index contributed by atoms with van der Waals surface area (Å²) in [6, 6.07) is 16.1. The zero-order chi connectivity index (χ0) is 16.1. The van der Waals surface area contributed by atoms with Crippen molar-refractivity contribution in [2.45, 2.75) is 12.8 Å². The molecule has 0 aliphatic carbocycles. The van der Waals surface area contributed by atoms with Gasteiger partial charge in [0, 0.05) is 30.0 Å². The van der Waals surface area contributed by atoms with Gasteiger partial charge < -0.3 is 15.5 Å². The predicted molar refractivity (Wildman–Crippen MR) is 90.7 cm³/mol. The molecule has 3 rings (SSSR count). The molecule has 0 saturated carbocycles. The molecule has 2 aromatic rings. The van der Waals surface area contributed by atoms with Crippen molar-refractivity contribution >= 4 is 23.3 Å². The fourth-order valence-corrected chi connectivity index (χ4v) is 2.55. The summed E-state index contributed by atoms with van der Waals surface area (Å²) in [6.07, 6.45) is 2.12. The summed E-state index contributed by atoms with van der Waals surface area (Å²) in [4.78, 5) is 26.0. The third kappa shape index (κ3) is 3.88. The van der Waals surface area contributed by atoms with Crippen molar-refractivity contribution in [2.75, 3.05) is 23.7 Å². The van der Waals surface area contributed by atoms with E-state index in [4.69, 9.17) is 0 Å². The minimum absolute atomic E-state index is 0.0796. The molecule has 0 aromatic heterocycles. The fourth-order valence-electron chi connectivity index (χ4n) is 2.55. The van der Waals surface area contributed by atoms with Crippen LogP contribution in [0, 0.1) is 0 Å². The van der Waals surface area contributed by atoms with Gasteiger partial charge >= 0.3 is 6.03 Å². The van der Waals surface area contributed by atoms with Crippen LogP contribution in [0.15, 0.2) is 54.6 Å². The highest BCUT2D eigenvalue weighted by molar-refractivity contribution is 6.04. The van der Waals surface area contributed by atoms with Crippen molar-refractivity contribution in [3.8, 4) is 0 Å². The number of likely N-dealkylation sites (tertiary alicyclic amines) is 1. The minimum atomic E-state index is -0.173. The van der Waals surface area contributed by atoms with Gasteiger partial charge in [-0.15, -0.1) is 0 Å². The Hall–Kier alpha value is -2.82. The SMILES string of the molecule is O=C(Nc1ccccc1)c1ccc(NC(=O)N2CCCC2)cc1. The van der Waals surface area contributed by atoms with Gasteiger partial charge in [0.25, 0.3) is 5.91 Å². The largest absolute Gasteiger partial charge is 0.325 e. The number of urea groups is 1. The summed E-state index contributed by atoms with van der Waals surface area (Å²) < 4.78 is 0. The maximum Gasteiger partial charge on any atom is 0.321 e. The van der Waals surface area contributed by atoms with Crippen LogP contribution in [0.4, 0.5) is 16.2 Å². The molecule has 5 heteroatoms. The first-order valence-corrected chi connectivity index (χ1v) is 7.75. The molecular weight excluding hydrogens is 290 g/mol. The predicted octanol–water partition coefficient (Wildman–Crippen LogP) is 3.57.